The highest BCUT2D eigenvalue weighted by Gasteiger charge is 2.16. The van der Waals surface area contributed by atoms with Gasteiger partial charge in [0.1, 0.15) is 17.1 Å². The smallest absolute Gasteiger partial charge is 0.343 e. The predicted octanol–water partition coefficient (Wildman–Crippen LogP) is 5.74. The van der Waals surface area contributed by atoms with E-state index >= 15 is 0 Å². The number of unbranched alkanes of at least 4 members (excludes halogenated alkanes) is 1. The van der Waals surface area contributed by atoms with E-state index in [0.717, 1.165) is 41.7 Å². The van der Waals surface area contributed by atoms with Crippen molar-refractivity contribution in [3.8, 4) is 22.6 Å². The van der Waals surface area contributed by atoms with Crippen LogP contribution < -0.4 is 10.4 Å². The van der Waals surface area contributed by atoms with E-state index in [4.69, 9.17) is 9.15 Å². The first-order chi connectivity index (χ1) is 14.7. The fourth-order valence-electron chi connectivity index (χ4n) is 3.84. The van der Waals surface area contributed by atoms with Gasteiger partial charge in [0.05, 0.1) is 18.1 Å². The first-order valence-corrected chi connectivity index (χ1v) is 10.1. The van der Waals surface area contributed by atoms with Crippen LogP contribution in [0.1, 0.15) is 24.0 Å². The van der Waals surface area contributed by atoms with Gasteiger partial charge >= 0.3 is 5.63 Å². The first kappa shape index (κ1) is 19.8. The molecular weight excluding hydrogens is 376 g/mol. The molecule has 0 aliphatic rings. The van der Waals surface area contributed by atoms with Gasteiger partial charge in [0.25, 0.3) is 0 Å². The van der Waals surface area contributed by atoms with Crippen LogP contribution in [0.4, 0.5) is 0 Å². The normalized spacial score (nSPS) is 11.0. The lowest BCUT2D eigenvalue weighted by molar-refractivity contribution is 0.408. The molecule has 3 aromatic carbocycles. The average molecular weight is 400 g/mol. The van der Waals surface area contributed by atoms with Crippen molar-refractivity contribution in [2.24, 2.45) is 0 Å². The topological polar surface area (TPSA) is 59.7 Å². The van der Waals surface area contributed by atoms with Crippen molar-refractivity contribution in [3.63, 3.8) is 0 Å². The van der Waals surface area contributed by atoms with Gasteiger partial charge in [-0.2, -0.15) is 0 Å². The Morgan fingerprint density at radius 1 is 0.867 bits per heavy atom. The molecule has 152 valence electrons. The molecule has 1 aromatic heterocycles. The van der Waals surface area contributed by atoms with Crippen LogP contribution in [0.15, 0.2) is 82.0 Å². The van der Waals surface area contributed by atoms with Crippen molar-refractivity contribution in [3.05, 3.63) is 94.3 Å². The highest BCUT2D eigenvalue weighted by molar-refractivity contribution is 5.95. The van der Waals surface area contributed by atoms with E-state index in [9.17, 15) is 9.90 Å². The second-order valence-electron chi connectivity index (χ2n) is 7.28. The summed E-state index contributed by atoms with van der Waals surface area (Å²) in [6.45, 7) is 0. The van der Waals surface area contributed by atoms with Crippen LogP contribution >= 0.6 is 0 Å². The molecule has 0 saturated carbocycles. The van der Waals surface area contributed by atoms with E-state index in [0.29, 0.717) is 23.0 Å². The maximum atomic E-state index is 12.7. The standard InChI is InChI=1S/C26H24O4/c1-29-23-17-8-6-13-19(23)12-5-7-14-22-24(27)21-16-9-15-20(25(21)30-26(22)28)18-10-3-2-4-11-18/h2-4,6,8-11,13,15-17,27H,5,7,12,14H2,1H3. The third-order valence-electron chi connectivity index (χ3n) is 5.40. The van der Waals surface area contributed by atoms with E-state index in [-0.39, 0.29) is 5.75 Å². The Bertz CT molecular complexity index is 1210. The summed E-state index contributed by atoms with van der Waals surface area (Å²) in [4.78, 5) is 12.7. The largest absolute Gasteiger partial charge is 0.507 e. The van der Waals surface area contributed by atoms with E-state index in [1.165, 1.54) is 0 Å². The van der Waals surface area contributed by atoms with Crippen molar-refractivity contribution in [2.75, 3.05) is 7.11 Å². The minimum absolute atomic E-state index is 0.0244. The number of benzene rings is 3. The summed E-state index contributed by atoms with van der Waals surface area (Å²) in [7, 11) is 1.67. The van der Waals surface area contributed by atoms with Gasteiger partial charge in [-0.15, -0.1) is 0 Å². The Balaban J connectivity index is 1.56. The van der Waals surface area contributed by atoms with Crippen molar-refractivity contribution < 1.29 is 14.3 Å². The molecular formula is C26H24O4. The average Bonchev–Trinajstić information content (AvgIpc) is 2.79. The molecule has 4 aromatic rings. The molecule has 0 fully saturated rings. The molecule has 1 N–H and O–H groups in total. The van der Waals surface area contributed by atoms with Crippen LogP contribution in [-0.2, 0) is 12.8 Å². The molecule has 0 aliphatic carbocycles. The molecule has 0 amide bonds. The van der Waals surface area contributed by atoms with Crippen LogP contribution in [-0.4, -0.2) is 12.2 Å². The second-order valence-corrected chi connectivity index (χ2v) is 7.28. The van der Waals surface area contributed by atoms with Gasteiger partial charge in [0.2, 0.25) is 0 Å². The zero-order valence-electron chi connectivity index (χ0n) is 16.9. The lowest BCUT2D eigenvalue weighted by Crippen LogP contribution is -2.08. The maximum absolute atomic E-state index is 12.7. The number of aromatic hydroxyl groups is 1. The van der Waals surface area contributed by atoms with Crippen LogP contribution in [0.2, 0.25) is 0 Å². The molecule has 0 saturated heterocycles. The minimum Gasteiger partial charge on any atom is -0.507 e. The summed E-state index contributed by atoms with van der Waals surface area (Å²) in [5.41, 5.74) is 3.16. The van der Waals surface area contributed by atoms with Gasteiger partial charge in [-0.1, -0.05) is 60.7 Å². The van der Waals surface area contributed by atoms with Gasteiger partial charge in [-0.25, -0.2) is 4.79 Å². The summed E-state index contributed by atoms with van der Waals surface area (Å²) < 4.78 is 11.1. The fourth-order valence-corrected chi connectivity index (χ4v) is 3.84. The summed E-state index contributed by atoms with van der Waals surface area (Å²) in [6, 6.07) is 23.2. The van der Waals surface area contributed by atoms with Crippen LogP contribution in [0.5, 0.6) is 11.5 Å². The number of aryl methyl sites for hydroxylation is 1. The zero-order chi connectivity index (χ0) is 20.9. The molecule has 0 bridgehead atoms. The number of fused-ring (bicyclic) bond motifs is 1. The Morgan fingerprint density at radius 2 is 1.60 bits per heavy atom. The predicted molar refractivity (Wildman–Crippen MR) is 119 cm³/mol. The molecule has 0 unspecified atom stereocenters. The highest BCUT2D eigenvalue weighted by Crippen LogP contribution is 2.34. The van der Waals surface area contributed by atoms with E-state index in [2.05, 4.69) is 0 Å². The van der Waals surface area contributed by atoms with E-state index in [1.807, 2.05) is 66.7 Å². The highest BCUT2D eigenvalue weighted by atomic mass is 16.5. The molecule has 4 nitrogen and oxygen atoms in total. The Hall–Kier alpha value is -3.53. The van der Waals surface area contributed by atoms with Crippen molar-refractivity contribution >= 4 is 11.0 Å². The number of ether oxygens (including phenoxy) is 1. The SMILES string of the molecule is COc1ccccc1CCCCc1c(O)c2cccc(-c3ccccc3)c2oc1=O. The van der Waals surface area contributed by atoms with Crippen LogP contribution in [0.25, 0.3) is 22.1 Å². The Morgan fingerprint density at radius 3 is 2.40 bits per heavy atom. The monoisotopic (exact) mass is 400 g/mol. The lowest BCUT2D eigenvalue weighted by atomic mass is 9.99. The number of hydrogen-bond acceptors (Lipinski definition) is 4. The van der Waals surface area contributed by atoms with E-state index < -0.39 is 5.63 Å². The first-order valence-electron chi connectivity index (χ1n) is 10.1. The van der Waals surface area contributed by atoms with Gasteiger partial charge in [0.15, 0.2) is 0 Å². The van der Waals surface area contributed by atoms with Crippen molar-refractivity contribution in [1.82, 2.24) is 0 Å². The molecule has 0 aliphatic heterocycles. The van der Waals surface area contributed by atoms with Crippen molar-refractivity contribution in [1.29, 1.82) is 0 Å². The number of para-hydroxylation sites is 2. The lowest BCUT2D eigenvalue weighted by Gasteiger charge is -2.10. The summed E-state index contributed by atoms with van der Waals surface area (Å²) in [5, 5.41) is 11.4. The molecule has 0 spiro atoms. The van der Waals surface area contributed by atoms with Gasteiger partial charge < -0.3 is 14.3 Å². The fraction of sp³-hybridized carbons (Fsp3) is 0.192. The molecule has 0 atom stereocenters. The van der Waals surface area contributed by atoms with E-state index in [1.54, 1.807) is 13.2 Å². The summed E-state index contributed by atoms with van der Waals surface area (Å²) in [6.07, 6.45) is 2.96. The van der Waals surface area contributed by atoms with Gasteiger partial charge in [-0.3, -0.25) is 0 Å². The van der Waals surface area contributed by atoms with Gasteiger partial charge in [-0.05, 0) is 48.9 Å². The van der Waals surface area contributed by atoms with Gasteiger partial charge in [0, 0.05) is 5.56 Å². The second kappa shape index (κ2) is 8.87. The summed E-state index contributed by atoms with van der Waals surface area (Å²) >= 11 is 0. The molecule has 4 heteroatoms. The molecule has 4 rings (SSSR count). The maximum Gasteiger partial charge on any atom is 0.343 e. The minimum atomic E-state index is -0.472. The number of rotatable bonds is 7. The third kappa shape index (κ3) is 3.94. The molecule has 0 radical (unpaired) electrons. The molecule has 1 heterocycles. The van der Waals surface area contributed by atoms with Crippen LogP contribution in [0.3, 0.4) is 0 Å². The van der Waals surface area contributed by atoms with Crippen LogP contribution in [0, 0.1) is 0 Å². The van der Waals surface area contributed by atoms with Crippen molar-refractivity contribution in [2.45, 2.75) is 25.7 Å². The summed E-state index contributed by atoms with van der Waals surface area (Å²) in [5.74, 6) is 0.898. The quantitative estimate of drug-likeness (QED) is 0.317. The Kier molecular flexibility index (Phi) is 5.84. The molecule has 30 heavy (non-hydrogen) atoms. The number of hydrogen-bond donors (Lipinski definition) is 1. The number of methoxy groups -OCH3 is 1. The zero-order valence-corrected chi connectivity index (χ0v) is 16.9. The Labute approximate surface area is 175 Å². The third-order valence-corrected chi connectivity index (χ3v) is 5.40.